The number of nitrogens with zero attached hydrogens (tertiary/aromatic N) is 1. The predicted octanol–water partition coefficient (Wildman–Crippen LogP) is -0.265. The number of piperazine rings is 1. The number of thioether (sulfide) groups is 1. The second-order valence-electron chi connectivity index (χ2n) is 5.68. The lowest BCUT2D eigenvalue weighted by Gasteiger charge is -2.40. The smallest absolute Gasteiger partial charge is 0.252 e. The summed E-state index contributed by atoms with van der Waals surface area (Å²) in [6.45, 7) is 5.28. The standard InChI is InChI=1S/C13H21N3O3S/c1-13(2)12(19)15-10(17)7-16(13)11(18)8-20-9-3-5-14-6-4-9/h9,14H,3-8H2,1-2H3,(H,15,17,19). The van der Waals surface area contributed by atoms with Gasteiger partial charge in [0.05, 0.1) is 5.75 Å². The molecular weight excluding hydrogens is 278 g/mol. The third-order valence-electron chi connectivity index (χ3n) is 3.81. The van der Waals surface area contributed by atoms with E-state index in [9.17, 15) is 14.4 Å². The molecule has 0 aromatic heterocycles. The molecular formula is C13H21N3O3S. The monoisotopic (exact) mass is 299 g/mol. The molecule has 112 valence electrons. The van der Waals surface area contributed by atoms with Gasteiger partial charge in [0.2, 0.25) is 11.8 Å². The number of rotatable bonds is 3. The molecule has 2 aliphatic rings. The van der Waals surface area contributed by atoms with E-state index in [1.54, 1.807) is 25.6 Å². The molecule has 0 aromatic carbocycles. The zero-order chi connectivity index (χ0) is 14.8. The van der Waals surface area contributed by atoms with E-state index in [0.29, 0.717) is 11.0 Å². The molecule has 2 heterocycles. The van der Waals surface area contributed by atoms with Crippen LogP contribution >= 0.6 is 11.8 Å². The van der Waals surface area contributed by atoms with Gasteiger partial charge in [0.15, 0.2) is 0 Å². The van der Waals surface area contributed by atoms with Gasteiger partial charge in [-0.05, 0) is 39.8 Å². The van der Waals surface area contributed by atoms with Crippen molar-refractivity contribution in [3.63, 3.8) is 0 Å². The Kier molecular flexibility index (Phi) is 4.70. The molecule has 2 saturated heterocycles. The summed E-state index contributed by atoms with van der Waals surface area (Å²) >= 11 is 1.63. The first kappa shape index (κ1) is 15.3. The summed E-state index contributed by atoms with van der Waals surface area (Å²) in [4.78, 5) is 36.9. The van der Waals surface area contributed by atoms with Crippen molar-refractivity contribution in [2.24, 2.45) is 0 Å². The largest absolute Gasteiger partial charge is 0.318 e. The van der Waals surface area contributed by atoms with Crippen molar-refractivity contribution < 1.29 is 14.4 Å². The fourth-order valence-corrected chi connectivity index (χ4v) is 3.52. The highest BCUT2D eigenvalue weighted by atomic mass is 32.2. The number of amides is 3. The highest BCUT2D eigenvalue weighted by molar-refractivity contribution is 8.00. The Labute approximate surface area is 123 Å². The molecule has 2 rings (SSSR count). The van der Waals surface area contributed by atoms with Crippen molar-refractivity contribution in [2.45, 2.75) is 37.5 Å². The molecule has 0 spiro atoms. The Balaban J connectivity index is 1.92. The summed E-state index contributed by atoms with van der Waals surface area (Å²) < 4.78 is 0. The second-order valence-corrected chi connectivity index (χ2v) is 6.97. The van der Waals surface area contributed by atoms with Gasteiger partial charge in [-0.2, -0.15) is 0 Å². The average molecular weight is 299 g/mol. The van der Waals surface area contributed by atoms with Crippen LogP contribution in [0.2, 0.25) is 0 Å². The van der Waals surface area contributed by atoms with Crippen LogP contribution in [0.15, 0.2) is 0 Å². The van der Waals surface area contributed by atoms with Crippen molar-refractivity contribution in [1.82, 2.24) is 15.5 Å². The minimum absolute atomic E-state index is 0.0373. The molecule has 6 nitrogen and oxygen atoms in total. The zero-order valence-corrected chi connectivity index (χ0v) is 12.7. The maximum Gasteiger partial charge on any atom is 0.252 e. The van der Waals surface area contributed by atoms with Gasteiger partial charge in [0.1, 0.15) is 12.1 Å². The number of imide groups is 1. The summed E-state index contributed by atoms with van der Waals surface area (Å²) in [5, 5.41) is 6.04. The van der Waals surface area contributed by atoms with Crippen LogP contribution in [0.4, 0.5) is 0 Å². The van der Waals surface area contributed by atoms with Crippen LogP contribution in [0.5, 0.6) is 0 Å². The highest BCUT2D eigenvalue weighted by Crippen LogP contribution is 2.23. The molecule has 3 amide bonds. The van der Waals surface area contributed by atoms with Crippen LogP contribution in [0.3, 0.4) is 0 Å². The van der Waals surface area contributed by atoms with Gasteiger partial charge in [-0.25, -0.2) is 0 Å². The van der Waals surface area contributed by atoms with Crippen LogP contribution in [0.1, 0.15) is 26.7 Å². The number of piperidine rings is 1. The average Bonchev–Trinajstić information content (AvgIpc) is 2.41. The third kappa shape index (κ3) is 3.32. The summed E-state index contributed by atoms with van der Waals surface area (Å²) in [6, 6.07) is 0. The van der Waals surface area contributed by atoms with Gasteiger partial charge in [0, 0.05) is 5.25 Å². The van der Waals surface area contributed by atoms with E-state index >= 15 is 0 Å². The first-order chi connectivity index (χ1) is 9.41. The van der Waals surface area contributed by atoms with E-state index in [1.807, 2.05) is 0 Å². The topological polar surface area (TPSA) is 78.5 Å². The maximum atomic E-state index is 12.3. The first-order valence-corrected chi connectivity index (χ1v) is 7.93. The van der Waals surface area contributed by atoms with Gasteiger partial charge in [-0.15, -0.1) is 11.8 Å². The van der Waals surface area contributed by atoms with E-state index in [4.69, 9.17) is 0 Å². The molecule has 20 heavy (non-hydrogen) atoms. The van der Waals surface area contributed by atoms with Crippen LogP contribution in [-0.2, 0) is 14.4 Å². The summed E-state index contributed by atoms with van der Waals surface area (Å²) in [6.07, 6.45) is 2.11. The number of nitrogens with one attached hydrogen (secondary N) is 2. The van der Waals surface area contributed by atoms with Gasteiger partial charge in [-0.1, -0.05) is 0 Å². The third-order valence-corrected chi connectivity index (χ3v) is 5.17. The molecule has 0 radical (unpaired) electrons. The van der Waals surface area contributed by atoms with E-state index in [1.165, 1.54) is 4.90 Å². The van der Waals surface area contributed by atoms with Crippen LogP contribution in [0, 0.1) is 0 Å². The molecule has 2 fully saturated rings. The van der Waals surface area contributed by atoms with Gasteiger partial charge >= 0.3 is 0 Å². The van der Waals surface area contributed by atoms with Crippen molar-refractivity contribution in [2.75, 3.05) is 25.4 Å². The van der Waals surface area contributed by atoms with Gasteiger partial charge in [0.25, 0.3) is 5.91 Å². The molecule has 0 aromatic rings. The van der Waals surface area contributed by atoms with Crippen molar-refractivity contribution in [3.05, 3.63) is 0 Å². The molecule has 0 aliphatic carbocycles. The molecule has 7 heteroatoms. The molecule has 2 aliphatic heterocycles. The second kappa shape index (κ2) is 6.13. The summed E-state index contributed by atoms with van der Waals surface area (Å²) in [5.74, 6) is -0.625. The fourth-order valence-electron chi connectivity index (χ4n) is 2.41. The zero-order valence-electron chi connectivity index (χ0n) is 11.9. The highest BCUT2D eigenvalue weighted by Gasteiger charge is 2.43. The first-order valence-electron chi connectivity index (χ1n) is 6.88. The molecule has 0 saturated carbocycles. The minimum atomic E-state index is -0.959. The Morgan fingerprint density at radius 2 is 2.00 bits per heavy atom. The van der Waals surface area contributed by atoms with Crippen molar-refractivity contribution in [3.8, 4) is 0 Å². The number of hydrogen-bond acceptors (Lipinski definition) is 5. The molecule has 0 atom stereocenters. The maximum absolute atomic E-state index is 12.3. The van der Waals surface area contributed by atoms with Crippen LogP contribution < -0.4 is 10.6 Å². The van der Waals surface area contributed by atoms with Crippen LogP contribution in [0.25, 0.3) is 0 Å². The SMILES string of the molecule is CC1(C)C(=O)NC(=O)CN1C(=O)CSC1CCNCC1. The number of carbonyl (C=O) groups excluding carboxylic acids is 3. The Morgan fingerprint density at radius 1 is 1.35 bits per heavy atom. The molecule has 2 N–H and O–H groups in total. The fraction of sp³-hybridized carbons (Fsp3) is 0.769. The Morgan fingerprint density at radius 3 is 2.65 bits per heavy atom. The Bertz CT molecular complexity index is 419. The lowest BCUT2D eigenvalue weighted by atomic mass is 9.99. The van der Waals surface area contributed by atoms with Crippen molar-refractivity contribution in [1.29, 1.82) is 0 Å². The number of carbonyl (C=O) groups is 3. The molecule has 0 bridgehead atoms. The van der Waals surface area contributed by atoms with Crippen molar-refractivity contribution >= 4 is 29.5 Å². The quantitative estimate of drug-likeness (QED) is 0.702. The van der Waals surface area contributed by atoms with E-state index in [-0.39, 0.29) is 12.5 Å². The van der Waals surface area contributed by atoms with E-state index in [0.717, 1.165) is 25.9 Å². The normalized spacial score (nSPS) is 23.6. The van der Waals surface area contributed by atoms with E-state index < -0.39 is 17.4 Å². The lowest BCUT2D eigenvalue weighted by molar-refractivity contribution is -0.154. The lowest BCUT2D eigenvalue weighted by Crippen LogP contribution is -2.65. The Hall–Kier alpha value is -1.08. The molecule has 0 unspecified atom stereocenters. The minimum Gasteiger partial charge on any atom is -0.318 e. The van der Waals surface area contributed by atoms with Gasteiger partial charge in [-0.3, -0.25) is 19.7 Å². The summed E-state index contributed by atoms with van der Waals surface area (Å²) in [5.41, 5.74) is -0.959. The number of hydrogen-bond donors (Lipinski definition) is 2. The van der Waals surface area contributed by atoms with E-state index in [2.05, 4.69) is 10.6 Å². The summed E-state index contributed by atoms with van der Waals surface area (Å²) in [7, 11) is 0. The van der Waals surface area contributed by atoms with Gasteiger partial charge < -0.3 is 10.2 Å². The van der Waals surface area contributed by atoms with Crippen LogP contribution in [-0.4, -0.2) is 58.8 Å². The predicted molar refractivity (Wildman–Crippen MR) is 77.3 cm³/mol.